The summed E-state index contributed by atoms with van der Waals surface area (Å²) in [6.07, 6.45) is 6.72. The van der Waals surface area contributed by atoms with Gasteiger partial charge in [0.2, 0.25) is 0 Å². The van der Waals surface area contributed by atoms with E-state index in [4.69, 9.17) is 0 Å². The monoisotopic (exact) mass is 258 g/mol. The maximum atomic E-state index is 3.60. The van der Waals surface area contributed by atoms with Crippen LogP contribution in [-0.2, 0) is 6.54 Å². The van der Waals surface area contributed by atoms with Crippen LogP contribution in [0.25, 0.3) is 0 Å². The van der Waals surface area contributed by atoms with Gasteiger partial charge in [-0.1, -0.05) is 19.1 Å². The molecular weight excluding hydrogens is 232 g/mol. The van der Waals surface area contributed by atoms with E-state index in [0.29, 0.717) is 0 Å². The summed E-state index contributed by atoms with van der Waals surface area (Å²) in [5, 5.41) is 3.60. The second kappa shape index (κ2) is 5.54. The van der Waals surface area contributed by atoms with E-state index in [1.54, 1.807) is 0 Å². The third-order valence-electron chi connectivity index (χ3n) is 4.20. The maximum absolute atomic E-state index is 3.60. The Balaban J connectivity index is 1.69. The molecule has 0 aromatic heterocycles. The minimum absolute atomic E-state index is 0.794. The highest BCUT2D eigenvalue weighted by atomic mass is 15.2. The van der Waals surface area contributed by atoms with Gasteiger partial charge in [0.15, 0.2) is 0 Å². The van der Waals surface area contributed by atoms with Crippen LogP contribution in [0.5, 0.6) is 0 Å². The van der Waals surface area contributed by atoms with E-state index in [1.807, 2.05) is 0 Å². The fourth-order valence-corrected chi connectivity index (χ4v) is 2.83. The van der Waals surface area contributed by atoms with Gasteiger partial charge in [0.25, 0.3) is 0 Å². The Labute approximate surface area is 117 Å². The number of nitrogens with zero attached hydrogens (tertiary/aromatic N) is 1. The fraction of sp³-hybridized carbons (Fsp3) is 0.647. The van der Waals surface area contributed by atoms with Crippen molar-refractivity contribution in [2.24, 2.45) is 0 Å². The van der Waals surface area contributed by atoms with Crippen LogP contribution < -0.4 is 10.2 Å². The summed E-state index contributed by atoms with van der Waals surface area (Å²) in [7, 11) is 0. The van der Waals surface area contributed by atoms with E-state index < -0.39 is 0 Å². The van der Waals surface area contributed by atoms with Crippen molar-refractivity contribution in [3.63, 3.8) is 0 Å². The van der Waals surface area contributed by atoms with Crippen molar-refractivity contribution < 1.29 is 0 Å². The highest BCUT2D eigenvalue weighted by Gasteiger charge is 2.29. The molecule has 2 nitrogen and oxygen atoms in total. The average Bonchev–Trinajstić information content (AvgIpc) is 3.28. The van der Waals surface area contributed by atoms with Gasteiger partial charge in [0.1, 0.15) is 0 Å². The molecule has 1 aromatic rings. The summed E-state index contributed by atoms with van der Waals surface area (Å²) in [5.74, 6) is 0. The minimum atomic E-state index is 0.794. The van der Waals surface area contributed by atoms with Crippen molar-refractivity contribution in [1.82, 2.24) is 5.32 Å². The van der Waals surface area contributed by atoms with Crippen LogP contribution in [0.3, 0.4) is 0 Å². The molecule has 0 atom stereocenters. The lowest BCUT2D eigenvalue weighted by atomic mass is 10.1. The van der Waals surface area contributed by atoms with Crippen LogP contribution in [-0.4, -0.2) is 18.6 Å². The van der Waals surface area contributed by atoms with Crippen LogP contribution in [0.2, 0.25) is 0 Å². The van der Waals surface area contributed by atoms with Crippen molar-refractivity contribution in [1.29, 1.82) is 0 Å². The quantitative estimate of drug-likeness (QED) is 0.803. The van der Waals surface area contributed by atoms with E-state index in [9.17, 15) is 0 Å². The standard InChI is InChI=1S/C17H26N2/c1-3-10-19(16-7-8-16)17-9-4-14(11-13(17)2)12-18-15-5-6-15/h4,9,11,15-16,18H,3,5-8,10,12H2,1-2H3. The molecule has 19 heavy (non-hydrogen) atoms. The number of hydrogen-bond donors (Lipinski definition) is 1. The largest absolute Gasteiger partial charge is 0.368 e. The molecule has 0 unspecified atom stereocenters. The van der Waals surface area contributed by atoms with Crippen molar-refractivity contribution >= 4 is 5.69 Å². The molecule has 3 rings (SSSR count). The first-order chi connectivity index (χ1) is 9.28. The first kappa shape index (κ1) is 13.0. The smallest absolute Gasteiger partial charge is 0.0398 e. The Hall–Kier alpha value is -1.02. The summed E-state index contributed by atoms with van der Waals surface area (Å²) >= 11 is 0. The van der Waals surface area contributed by atoms with Crippen molar-refractivity contribution in [3.05, 3.63) is 29.3 Å². The highest BCUT2D eigenvalue weighted by molar-refractivity contribution is 5.56. The van der Waals surface area contributed by atoms with E-state index in [-0.39, 0.29) is 0 Å². The predicted molar refractivity (Wildman–Crippen MR) is 81.7 cm³/mol. The molecule has 0 saturated heterocycles. The number of nitrogens with one attached hydrogen (secondary N) is 1. The third kappa shape index (κ3) is 3.30. The summed E-state index contributed by atoms with van der Waals surface area (Å²) in [4.78, 5) is 2.62. The molecule has 104 valence electrons. The Bertz CT molecular complexity index is 433. The molecule has 1 aromatic carbocycles. The maximum Gasteiger partial charge on any atom is 0.0398 e. The Morgan fingerprint density at radius 2 is 2.00 bits per heavy atom. The normalized spacial score (nSPS) is 18.6. The van der Waals surface area contributed by atoms with Gasteiger partial charge in [0, 0.05) is 30.9 Å². The third-order valence-corrected chi connectivity index (χ3v) is 4.20. The zero-order valence-corrected chi connectivity index (χ0v) is 12.3. The molecule has 0 amide bonds. The Kier molecular flexibility index (Phi) is 3.79. The van der Waals surface area contributed by atoms with Gasteiger partial charge in [-0.3, -0.25) is 0 Å². The summed E-state index contributed by atoms with van der Waals surface area (Å²) < 4.78 is 0. The zero-order valence-electron chi connectivity index (χ0n) is 12.3. The molecule has 0 heterocycles. The number of benzene rings is 1. The van der Waals surface area contributed by atoms with Gasteiger partial charge in [-0.15, -0.1) is 0 Å². The fourth-order valence-electron chi connectivity index (χ4n) is 2.83. The second-order valence-corrected chi connectivity index (χ2v) is 6.20. The zero-order chi connectivity index (χ0) is 13.2. The average molecular weight is 258 g/mol. The number of rotatable bonds is 7. The van der Waals surface area contributed by atoms with Crippen LogP contribution in [0.1, 0.15) is 50.2 Å². The molecule has 0 spiro atoms. The molecule has 0 radical (unpaired) electrons. The van der Waals surface area contributed by atoms with Gasteiger partial charge in [-0.2, -0.15) is 0 Å². The molecule has 0 bridgehead atoms. The molecule has 0 aliphatic heterocycles. The van der Waals surface area contributed by atoms with Crippen molar-refractivity contribution in [2.75, 3.05) is 11.4 Å². The van der Waals surface area contributed by atoms with Gasteiger partial charge in [0.05, 0.1) is 0 Å². The molecule has 2 heteroatoms. The van der Waals surface area contributed by atoms with Crippen LogP contribution in [0, 0.1) is 6.92 Å². The minimum Gasteiger partial charge on any atom is -0.368 e. The first-order valence-corrected chi connectivity index (χ1v) is 7.87. The van der Waals surface area contributed by atoms with E-state index in [2.05, 4.69) is 42.3 Å². The SMILES string of the molecule is CCCN(c1ccc(CNC2CC2)cc1C)C1CC1. The molecule has 2 saturated carbocycles. The summed E-state index contributed by atoms with van der Waals surface area (Å²) in [6.45, 7) is 6.77. The predicted octanol–water partition coefficient (Wildman–Crippen LogP) is 3.63. The van der Waals surface area contributed by atoms with Crippen molar-refractivity contribution in [2.45, 2.75) is 64.6 Å². The lowest BCUT2D eigenvalue weighted by molar-refractivity contribution is 0.687. The number of aryl methyl sites for hydroxylation is 1. The van der Waals surface area contributed by atoms with Gasteiger partial charge in [-0.05, 0) is 56.2 Å². The topological polar surface area (TPSA) is 15.3 Å². The van der Waals surface area contributed by atoms with E-state index in [1.165, 1.54) is 55.5 Å². The van der Waals surface area contributed by atoms with Gasteiger partial charge < -0.3 is 10.2 Å². The van der Waals surface area contributed by atoms with Gasteiger partial charge >= 0.3 is 0 Å². The van der Waals surface area contributed by atoms with Crippen LogP contribution in [0.4, 0.5) is 5.69 Å². The Morgan fingerprint density at radius 3 is 2.58 bits per heavy atom. The molecule has 2 aliphatic rings. The molecule has 2 aliphatic carbocycles. The first-order valence-electron chi connectivity index (χ1n) is 7.87. The van der Waals surface area contributed by atoms with Crippen LogP contribution in [0.15, 0.2) is 18.2 Å². The highest BCUT2D eigenvalue weighted by Crippen LogP contribution is 2.34. The second-order valence-electron chi connectivity index (χ2n) is 6.20. The number of hydrogen-bond acceptors (Lipinski definition) is 2. The molecule has 2 fully saturated rings. The lowest BCUT2D eigenvalue weighted by Gasteiger charge is -2.26. The Morgan fingerprint density at radius 1 is 1.21 bits per heavy atom. The summed E-state index contributed by atoms with van der Waals surface area (Å²) in [6, 6.07) is 8.63. The van der Waals surface area contributed by atoms with E-state index >= 15 is 0 Å². The number of anilines is 1. The molecule has 1 N–H and O–H groups in total. The van der Waals surface area contributed by atoms with Crippen molar-refractivity contribution in [3.8, 4) is 0 Å². The van der Waals surface area contributed by atoms with Crippen LogP contribution >= 0.6 is 0 Å². The van der Waals surface area contributed by atoms with E-state index in [0.717, 1.165) is 18.6 Å². The molecular formula is C17H26N2. The van der Waals surface area contributed by atoms with Gasteiger partial charge in [-0.25, -0.2) is 0 Å². The summed E-state index contributed by atoms with van der Waals surface area (Å²) in [5.41, 5.74) is 4.33. The lowest BCUT2D eigenvalue weighted by Crippen LogP contribution is -2.27.